The Bertz CT molecular complexity index is 696. The van der Waals surface area contributed by atoms with E-state index in [0.29, 0.717) is 4.47 Å². The van der Waals surface area contributed by atoms with Crippen molar-refractivity contribution in [2.75, 3.05) is 5.32 Å². The summed E-state index contributed by atoms with van der Waals surface area (Å²) in [6.45, 7) is 1.75. The Hall–Kier alpha value is -1.86. The molecule has 3 N–H and O–H groups in total. The molecule has 0 aliphatic carbocycles. The van der Waals surface area contributed by atoms with E-state index in [1.165, 1.54) is 29.5 Å². The Kier molecular flexibility index (Phi) is 4.10. The van der Waals surface area contributed by atoms with Crippen LogP contribution in [0.1, 0.15) is 25.6 Å². The van der Waals surface area contributed by atoms with Gasteiger partial charge < -0.3 is 15.5 Å². The van der Waals surface area contributed by atoms with E-state index in [0.717, 1.165) is 4.88 Å². The molecule has 7 heteroatoms. The first-order chi connectivity index (χ1) is 9.38. The van der Waals surface area contributed by atoms with E-state index in [9.17, 15) is 14.7 Å². The monoisotopic (exact) mass is 355 g/mol. The van der Waals surface area contributed by atoms with Gasteiger partial charge in [-0.25, -0.2) is 4.79 Å². The number of anilines is 1. The van der Waals surface area contributed by atoms with E-state index >= 15 is 0 Å². The molecule has 20 heavy (non-hydrogen) atoms. The van der Waals surface area contributed by atoms with Gasteiger partial charge in [0.25, 0.3) is 5.91 Å². The predicted molar refractivity (Wildman–Crippen MR) is 79.8 cm³/mol. The lowest BCUT2D eigenvalue weighted by atomic mass is 10.2. The third-order valence-corrected chi connectivity index (χ3v) is 3.98. The largest absolute Gasteiger partial charge is 0.507 e. The fourth-order valence-electron chi connectivity index (χ4n) is 1.63. The van der Waals surface area contributed by atoms with Crippen LogP contribution in [-0.4, -0.2) is 22.1 Å². The van der Waals surface area contributed by atoms with Crippen LogP contribution in [-0.2, 0) is 0 Å². The van der Waals surface area contributed by atoms with E-state index in [1.807, 2.05) is 0 Å². The second kappa shape index (κ2) is 5.64. The van der Waals surface area contributed by atoms with Crippen molar-refractivity contribution in [3.63, 3.8) is 0 Å². The number of phenolic OH excluding ortho intramolecular Hbond substituents is 1. The molecule has 0 aliphatic heterocycles. The molecular formula is C13H10BrNO4S. The Labute approximate surface area is 127 Å². The highest BCUT2D eigenvalue weighted by molar-refractivity contribution is 9.10. The van der Waals surface area contributed by atoms with Gasteiger partial charge in [-0.2, -0.15) is 0 Å². The number of nitrogens with one attached hydrogen (secondary N) is 1. The Morgan fingerprint density at radius 3 is 2.55 bits per heavy atom. The summed E-state index contributed by atoms with van der Waals surface area (Å²) in [5.74, 6) is -1.84. The summed E-state index contributed by atoms with van der Waals surface area (Å²) in [6, 6.07) is 5.96. The van der Waals surface area contributed by atoms with Crippen molar-refractivity contribution < 1.29 is 19.8 Å². The molecule has 0 radical (unpaired) electrons. The van der Waals surface area contributed by atoms with Crippen LogP contribution < -0.4 is 5.32 Å². The number of aromatic hydroxyl groups is 1. The molecule has 0 fully saturated rings. The van der Waals surface area contributed by atoms with Crippen LogP contribution in [0.25, 0.3) is 0 Å². The number of amides is 1. The molecule has 104 valence electrons. The molecular weight excluding hydrogens is 346 g/mol. The summed E-state index contributed by atoms with van der Waals surface area (Å²) in [6.07, 6.45) is 0. The molecule has 2 rings (SSSR count). The smallest absolute Gasteiger partial charge is 0.338 e. The normalized spacial score (nSPS) is 10.3. The quantitative estimate of drug-likeness (QED) is 0.786. The lowest BCUT2D eigenvalue weighted by Crippen LogP contribution is -2.13. The zero-order chi connectivity index (χ0) is 14.9. The van der Waals surface area contributed by atoms with Gasteiger partial charge in [-0.05, 0) is 31.2 Å². The summed E-state index contributed by atoms with van der Waals surface area (Å²) in [5, 5.41) is 21.5. The van der Waals surface area contributed by atoms with E-state index < -0.39 is 11.9 Å². The van der Waals surface area contributed by atoms with Crippen LogP contribution in [0.3, 0.4) is 0 Å². The minimum Gasteiger partial charge on any atom is -0.507 e. The highest BCUT2D eigenvalue weighted by Gasteiger charge is 2.18. The highest BCUT2D eigenvalue weighted by atomic mass is 79.9. The van der Waals surface area contributed by atoms with Crippen molar-refractivity contribution in [2.45, 2.75) is 6.92 Å². The Morgan fingerprint density at radius 2 is 1.95 bits per heavy atom. The maximum Gasteiger partial charge on any atom is 0.338 e. The molecule has 5 nitrogen and oxygen atoms in total. The maximum atomic E-state index is 12.1. The minimum absolute atomic E-state index is 0.0393. The first kappa shape index (κ1) is 14.5. The van der Waals surface area contributed by atoms with Crippen molar-refractivity contribution in [3.8, 4) is 5.75 Å². The fourth-order valence-corrected chi connectivity index (χ4v) is 2.88. The molecule has 0 spiro atoms. The SMILES string of the molecule is Cc1cc(C(=O)O)c(NC(=O)c2ccc(Br)cc2O)s1. The van der Waals surface area contributed by atoms with Crippen LogP contribution in [0.2, 0.25) is 0 Å². The van der Waals surface area contributed by atoms with E-state index in [-0.39, 0.29) is 21.9 Å². The molecule has 0 saturated heterocycles. The first-order valence-corrected chi connectivity index (χ1v) is 7.13. The number of aryl methyl sites for hydroxylation is 1. The van der Waals surface area contributed by atoms with Crippen LogP contribution in [0.4, 0.5) is 5.00 Å². The van der Waals surface area contributed by atoms with E-state index in [2.05, 4.69) is 21.2 Å². The van der Waals surface area contributed by atoms with Crippen molar-refractivity contribution in [1.29, 1.82) is 0 Å². The molecule has 0 saturated carbocycles. The number of halogens is 1. The van der Waals surface area contributed by atoms with E-state index in [4.69, 9.17) is 5.11 Å². The van der Waals surface area contributed by atoms with Gasteiger partial charge in [0.2, 0.25) is 0 Å². The number of rotatable bonds is 3. The molecule has 2 aromatic rings. The second-order valence-electron chi connectivity index (χ2n) is 4.02. The third kappa shape index (κ3) is 3.00. The van der Waals surface area contributed by atoms with Gasteiger partial charge in [0, 0.05) is 9.35 Å². The van der Waals surface area contributed by atoms with Crippen molar-refractivity contribution in [3.05, 3.63) is 44.7 Å². The molecule has 1 aromatic heterocycles. The lowest BCUT2D eigenvalue weighted by Gasteiger charge is -2.06. The fraction of sp³-hybridized carbons (Fsp3) is 0.0769. The molecule has 0 atom stereocenters. The van der Waals surface area contributed by atoms with Gasteiger partial charge in [0.05, 0.1) is 11.1 Å². The molecule has 0 unspecified atom stereocenters. The number of thiophene rings is 1. The summed E-state index contributed by atoms with van der Waals surface area (Å²) in [5.41, 5.74) is 0.119. The van der Waals surface area contributed by atoms with Crippen LogP contribution in [0, 0.1) is 6.92 Å². The van der Waals surface area contributed by atoms with Gasteiger partial charge in [0.1, 0.15) is 10.8 Å². The first-order valence-electron chi connectivity index (χ1n) is 5.52. The Morgan fingerprint density at radius 1 is 1.25 bits per heavy atom. The van der Waals surface area contributed by atoms with Crippen LogP contribution in [0.15, 0.2) is 28.7 Å². The molecule has 1 amide bonds. The number of carboxylic acid groups (broad SMARTS) is 1. The average Bonchev–Trinajstić information content (AvgIpc) is 2.70. The van der Waals surface area contributed by atoms with Gasteiger partial charge in [-0.1, -0.05) is 15.9 Å². The summed E-state index contributed by atoms with van der Waals surface area (Å²) < 4.78 is 0.643. The van der Waals surface area contributed by atoms with Crippen LogP contribution in [0.5, 0.6) is 5.75 Å². The van der Waals surface area contributed by atoms with Gasteiger partial charge in [0.15, 0.2) is 0 Å². The molecule has 1 heterocycles. The number of hydrogen-bond acceptors (Lipinski definition) is 4. The third-order valence-electron chi connectivity index (χ3n) is 2.52. The molecule has 0 aliphatic rings. The minimum atomic E-state index is -1.11. The lowest BCUT2D eigenvalue weighted by molar-refractivity contribution is 0.0698. The van der Waals surface area contributed by atoms with Crippen LogP contribution >= 0.6 is 27.3 Å². The number of carbonyl (C=O) groups is 2. The molecule has 0 bridgehead atoms. The van der Waals surface area contributed by atoms with Gasteiger partial charge in [-0.15, -0.1) is 11.3 Å². The zero-order valence-corrected chi connectivity index (χ0v) is 12.7. The number of phenols is 1. The zero-order valence-electron chi connectivity index (χ0n) is 10.3. The second-order valence-corrected chi connectivity index (χ2v) is 6.19. The number of aromatic carboxylic acids is 1. The number of carbonyl (C=O) groups excluding carboxylic acids is 1. The van der Waals surface area contributed by atoms with Crippen molar-refractivity contribution in [1.82, 2.24) is 0 Å². The maximum absolute atomic E-state index is 12.1. The topological polar surface area (TPSA) is 86.6 Å². The summed E-state index contributed by atoms with van der Waals surface area (Å²) in [4.78, 5) is 23.9. The summed E-state index contributed by atoms with van der Waals surface area (Å²) in [7, 11) is 0. The predicted octanol–water partition coefficient (Wildman–Crippen LogP) is 3.48. The van der Waals surface area contributed by atoms with Crippen molar-refractivity contribution in [2.24, 2.45) is 0 Å². The Balaban J connectivity index is 2.30. The van der Waals surface area contributed by atoms with Crippen molar-refractivity contribution >= 4 is 44.1 Å². The summed E-state index contributed by atoms with van der Waals surface area (Å²) >= 11 is 4.35. The van der Waals surface area contributed by atoms with Gasteiger partial charge >= 0.3 is 5.97 Å². The van der Waals surface area contributed by atoms with Gasteiger partial charge in [-0.3, -0.25) is 4.79 Å². The average molecular weight is 356 g/mol. The highest BCUT2D eigenvalue weighted by Crippen LogP contribution is 2.29. The number of benzene rings is 1. The number of hydrogen-bond donors (Lipinski definition) is 3. The standard InChI is InChI=1S/C13H10BrNO4S/c1-6-4-9(13(18)19)12(20-6)15-11(17)8-3-2-7(14)5-10(8)16/h2-5,16H,1H3,(H,15,17)(H,18,19). The number of carboxylic acids is 1. The molecule has 1 aromatic carbocycles. The van der Waals surface area contributed by atoms with E-state index in [1.54, 1.807) is 13.0 Å².